The Hall–Kier alpha value is -2.35. The van der Waals surface area contributed by atoms with Gasteiger partial charge in [-0.2, -0.15) is 5.26 Å². The van der Waals surface area contributed by atoms with Crippen LogP contribution in [-0.2, 0) is 6.42 Å². The van der Waals surface area contributed by atoms with Crippen molar-refractivity contribution in [1.29, 1.82) is 5.26 Å². The first kappa shape index (κ1) is 15.5. The largest absolute Gasteiger partial charge is 0.353 e. The van der Waals surface area contributed by atoms with Crippen LogP contribution in [0.5, 0.6) is 0 Å². The number of aryl methyl sites for hydroxylation is 1. The molecule has 2 heterocycles. The molecule has 0 radical (unpaired) electrons. The van der Waals surface area contributed by atoms with E-state index in [0.29, 0.717) is 17.1 Å². The van der Waals surface area contributed by atoms with E-state index in [2.05, 4.69) is 16.0 Å². The Morgan fingerprint density at radius 1 is 1.26 bits per heavy atom. The average Bonchev–Trinajstić information content (AvgIpc) is 2.93. The van der Waals surface area contributed by atoms with E-state index in [1.807, 2.05) is 30.3 Å². The van der Waals surface area contributed by atoms with Crippen LogP contribution in [0.2, 0.25) is 5.02 Å². The normalized spacial score (nSPS) is 10.8. The van der Waals surface area contributed by atoms with E-state index in [1.54, 1.807) is 6.20 Å². The average molecular weight is 325 g/mol. The number of rotatable bonds is 5. The van der Waals surface area contributed by atoms with Gasteiger partial charge >= 0.3 is 0 Å². The maximum atomic E-state index is 9.16. The number of fused-ring (bicyclic) bond motifs is 1. The standard InChI is InChI=1S/C18H17ClN4/c19-15-5-3-9-22-18(15)17-13(4-1-2-8-20)14-10-12(11-21)6-7-16(14)23-17/h3,5-7,9-10,23H,1-2,4,8,20H2. The van der Waals surface area contributed by atoms with Gasteiger partial charge in [0.05, 0.1) is 22.3 Å². The summed E-state index contributed by atoms with van der Waals surface area (Å²) in [5.41, 5.74) is 10.1. The molecule has 0 aliphatic rings. The number of hydrogen-bond donors (Lipinski definition) is 2. The van der Waals surface area contributed by atoms with E-state index in [-0.39, 0.29) is 0 Å². The summed E-state index contributed by atoms with van der Waals surface area (Å²) in [6, 6.07) is 11.5. The SMILES string of the molecule is N#Cc1ccc2[nH]c(-c3ncccc3Cl)c(CCCCN)c2c1. The zero-order valence-electron chi connectivity index (χ0n) is 12.6. The number of pyridine rings is 1. The van der Waals surface area contributed by atoms with Gasteiger partial charge < -0.3 is 10.7 Å². The van der Waals surface area contributed by atoms with Crippen LogP contribution in [0.25, 0.3) is 22.3 Å². The van der Waals surface area contributed by atoms with E-state index in [0.717, 1.165) is 47.1 Å². The highest BCUT2D eigenvalue weighted by Gasteiger charge is 2.16. The van der Waals surface area contributed by atoms with Gasteiger partial charge in [-0.25, -0.2) is 0 Å². The summed E-state index contributed by atoms with van der Waals surface area (Å²) in [5.74, 6) is 0. The van der Waals surface area contributed by atoms with E-state index in [1.165, 1.54) is 0 Å². The van der Waals surface area contributed by atoms with E-state index >= 15 is 0 Å². The first-order valence-corrected chi connectivity index (χ1v) is 7.98. The minimum Gasteiger partial charge on any atom is -0.353 e. The fourth-order valence-electron chi connectivity index (χ4n) is 2.79. The summed E-state index contributed by atoms with van der Waals surface area (Å²) in [7, 11) is 0. The molecule has 2 aromatic heterocycles. The number of nitrogens with zero attached hydrogens (tertiary/aromatic N) is 2. The number of hydrogen-bond acceptors (Lipinski definition) is 3. The Kier molecular flexibility index (Phi) is 4.61. The van der Waals surface area contributed by atoms with Gasteiger partial charge in [0.1, 0.15) is 5.69 Å². The second-order valence-electron chi connectivity index (χ2n) is 5.43. The predicted molar refractivity (Wildman–Crippen MR) is 93.2 cm³/mol. The third-order valence-corrected chi connectivity index (χ3v) is 4.22. The lowest BCUT2D eigenvalue weighted by atomic mass is 10.0. The molecule has 0 saturated heterocycles. The molecule has 1 aromatic carbocycles. The second kappa shape index (κ2) is 6.82. The van der Waals surface area contributed by atoms with E-state index < -0.39 is 0 Å². The Balaban J connectivity index is 2.18. The van der Waals surface area contributed by atoms with Crippen LogP contribution >= 0.6 is 11.6 Å². The highest BCUT2D eigenvalue weighted by atomic mass is 35.5. The Morgan fingerprint density at radius 3 is 2.87 bits per heavy atom. The van der Waals surface area contributed by atoms with Crippen molar-refractivity contribution >= 4 is 22.5 Å². The molecule has 3 aromatic rings. The molecule has 23 heavy (non-hydrogen) atoms. The number of benzene rings is 1. The van der Waals surface area contributed by atoms with Gasteiger partial charge in [-0.1, -0.05) is 11.6 Å². The van der Waals surface area contributed by atoms with Gasteiger partial charge in [0.2, 0.25) is 0 Å². The van der Waals surface area contributed by atoms with Crippen LogP contribution in [0.3, 0.4) is 0 Å². The summed E-state index contributed by atoms with van der Waals surface area (Å²) in [6.07, 6.45) is 4.54. The minimum atomic E-state index is 0.611. The Bertz CT molecular complexity index is 876. The molecular weight excluding hydrogens is 308 g/mol. The molecule has 3 N–H and O–H groups in total. The van der Waals surface area contributed by atoms with Crippen molar-refractivity contribution in [3.8, 4) is 17.5 Å². The number of aromatic nitrogens is 2. The predicted octanol–water partition coefficient (Wildman–Crippen LogP) is 4.04. The number of nitriles is 1. The quantitative estimate of drug-likeness (QED) is 0.695. The van der Waals surface area contributed by atoms with E-state index in [4.69, 9.17) is 22.6 Å². The van der Waals surface area contributed by atoms with Crippen LogP contribution in [0, 0.1) is 11.3 Å². The molecule has 5 heteroatoms. The van der Waals surface area contributed by atoms with Gasteiger partial charge in [-0.15, -0.1) is 0 Å². The molecule has 0 unspecified atom stereocenters. The molecule has 116 valence electrons. The number of aromatic amines is 1. The van der Waals surface area contributed by atoms with Crippen molar-refractivity contribution in [2.75, 3.05) is 6.54 Å². The third-order valence-electron chi connectivity index (χ3n) is 3.91. The molecule has 3 rings (SSSR count). The lowest BCUT2D eigenvalue weighted by Gasteiger charge is -2.06. The number of nitrogens with one attached hydrogen (secondary N) is 1. The molecule has 0 aliphatic carbocycles. The van der Waals surface area contributed by atoms with Crippen molar-refractivity contribution in [2.45, 2.75) is 19.3 Å². The molecule has 0 saturated carbocycles. The summed E-state index contributed by atoms with van der Waals surface area (Å²) in [5, 5.41) is 10.8. The van der Waals surface area contributed by atoms with Gasteiger partial charge in [-0.05, 0) is 61.7 Å². The number of halogens is 1. The van der Waals surface area contributed by atoms with Gasteiger partial charge in [0.25, 0.3) is 0 Å². The topological polar surface area (TPSA) is 78.5 Å². The molecule has 4 nitrogen and oxygen atoms in total. The van der Waals surface area contributed by atoms with Crippen molar-refractivity contribution in [3.63, 3.8) is 0 Å². The zero-order valence-corrected chi connectivity index (χ0v) is 13.4. The third kappa shape index (κ3) is 3.07. The van der Waals surface area contributed by atoms with Gasteiger partial charge in [0, 0.05) is 17.1 Å². The minimum absolute atomic E-state index is 0.611. The Morgan fingerprint density at radius 2 is 2.13 bits per heavy atom. The number of H-pyrrole nitrogens is 1. The Labute approximate surface area is 139 Å². The number of unbranched alkanes of at least 4 members (excludes halogenated alkanes) is 1. The van der Waals surface area contributed by atoms with Crippen molar-refractivity contribution < 1.29 is 0 Å². The van der Waals surface area contributed by atoms with Gasteiger partial charge in [0.15, 0.2) is 0 Å². The fraction of sp³-hybridized carbons (Fsp3) is 0.222. The van der Waals surface area contributed by atoms with Crippen LogP contribution in [0.4, 0.5) is 0 Å². The lowest BCUT2D eigenvalue weighted by molar-refractivity contribution is 0.748. The monoisotopic (exact) mass is 324 g/mol. The second-order valence-corrected chi connectivity index (χ2v) is 5.84. The molecule has 0 bridgehead atoms. The fourth-order valence-corrected chi connectivity index (χ4v) is 3.01. The van der Waals surface area contributed by atoms with Crippen LogP contribution in [-0.4, -0.2) is 16.5 Å². The summed E-state index contributed by atoms with van der Waals surface area (Å²) in [6.45, 7) is 0.672. The molecule has 0 atom stereocenters. The maximum Gasteiger partial charge on any atom is 0.105 e. The van der Waals surface area contributed by atoms with Crippen molar-refractivity contribution in [3.05, 3.63) is 52.7 Å². The molecular formula is C18H17ClN4. The van der Waals surface area contributed by atoms with Gasteiger partial charge in [-0.3, -0.25) is 4.98 Å². The molecule has 0 spiro atoms. The zero-order chi connectivity index (χ0) is 16.2. The number of nitrogens with two attached hydrogens (primary N) is 1. The maximum absolute atomic E-state index is 9.16. The first-order chi connectivity index (χ1) is 11.2. The highest BCUT2D eigenvalue weighted by Crippen LogP contribution is 2.34. The highest BCUT2D eigenvalue weighted by molar-refractivity contribution is 6.33. The summed E-state index contributed by atoms with van der Waals surface area (Å²) < 4.78 is 0. The lowest BCUT2D eigenvalue weighted by Crippen LogP contribution is -1.99. The molecule has 0 fully saturated rings. The van der Waals surface area contributed by atoms with Crippen molar-refractivity contribution in [2.24, 2.45) is 5.73 Å². The summed E-state index contributed by atoms with van der Waals surface area (Å²) in [4.78, 5) is 7.83. The molecule has 0 aliphatic heterocycles. The van der Waals surface area contributed by atoms with E-state index in [9.17, 15) is 0 Å². The van der Waals surface area contributed by atoms with Crippen molar-refractivity contribution in [1.82, 2.24) is 9.97 Å². The van der Waals surface area contributed by atoms with Crippen LogP contribution in [0.15, 0.2) is 36.5 Å². The molecule has 0 amide bonds. The summed E-state index contributed by atoms with van der Waals surface area (Å²) >= 11 is 6.32. The van der Waals surface area contributed by atoms with Crippen LogP contribution < -0.4 is 5.73 Å². The smallest absolute Gasteiger partial charge is 0.105 e. The first-order valence-electron chi connectivity index (χ1n) is 7.60. The van der Waals surface area contributed by atoms with Crippen LogP contribution in [0.1, 0.15) is 24.0 Å².